The van der Waals surface area contributed by atoms with Gasteiger partial charge in [-0.1, -0.05) is 5.16 Å². The maximum atomic E-state index is 5.39. The fraction of sp³-hybridized carbons (Fsp3) is 0.571. The lowest BCUT2D eigenvalue weighted by molar-refractivity contribution is 0.125. The van der Waals surface area contributed by atoms with Gasteiger partial charge in [-0.25, -0.2) is 0 Å². The molecule has 0 spiro atoms. The van der Waals surface area contributed by atoms with E-state index in [0.29, 0.717) is 19.8 Å². The number of hydrogen-bond acceptors (Lipinski definition) is 4. The summed E-state index contributed by atoms with van der Waals surface area (Å²) >= 11 is 0. The maximum Gasteiger partial charge on any atom is 0.143 e. The van der Waals surface area contributed by atoms with Crippen LogP contribution in [0, 0.1) is 0 Å². The zero-order valence-electron chi connectivity index (χ0n) is 6.17. The van der Waals surface area contributed by atoms with E-state index in [1.54, 1.807) is 0 Å². The number of fused-ring (bicyclic) bond motifs is 1. The number of nitrogens with zero attached hydrogens (tertiary/aromatic N) is 1. The van der Waals surface area contributed by atoms with Gasteiger partial charge in [0.1, 0.15) is 11.5 Å². The first-order chi connectivity index (χ1) is 5.42. The molecule has 4 heteroatoms. The van der Waals surface area contributed by atoms with Crippen LogP contribution in [-0.2, 0) is 24.4 Å². The topological polar surface area (TPSA) is 61.3 Å². The molecule has 2 heterocycles. The number of aromatic nitrogens is 1. The van der Waals surface area contributed by atoms with Crippen molar-refractivity contribution in [3.05, 3.63) is 17.0 Å². The highest BCUT2D eigenvalue weighted by molar-refractivity contribution is 5.24. The van der Waals surface area contributed by atoms with Crippen LogP contribution in [0.3, 0.4) is 0 Å². The van der Waals surface area contributed by atoms with Crippen LogP contribution in [0.2, 0.25) is 0 Å². The van der Waals surface area contributed by atoms with Gasteiger partial charge in [0.15, 0.2) is 0 Å². The standard InChI is InChI=1S/C7H10N2O2/c8-2-1-7-5-3-10-4-6(5)9-11-7/h1-4,8H2. The third-order valence-corrected chi connectivity index (χ3v) is 1.81. The van der Waals surface area contributed by atoms with Crippen molar-refractivity contribution in [2.45, 2.75) is 19.6 Å². The Morgan fingerprint density at radius 3 is 3.18 bits per heavy atom. The van der Waals surface area contributed by atoms with Crippen molar-refractivity contribution < 1.29 is 9.26 Å². The second-order valence-corrected chi connectivity index (χ2v) is 2.56. The van der Waals surface area contributed by atoms with Crippen LogP contribution in [0.4, 0.5) is 0 Å². The number of rotatable bonds is 2. The largest absolute Gasteiger partial charge is 0.370 e. The summed E-state index contributed by atoms with van der Waals surface area (Å²) in [7, 11) is 0. The molecule has 0 atom stereocenters. The van der Waals surface area contributed by atoms with Gasteiger partial charge in [0.05, 0.1) is 13.2 Å². The molecule has 11 heavy (non-hydrogen) atoms. The summed E-state index contributed by atoms with van der Waals surface area (Å²) in [5, 5.41) is 3.86. The molecule has 0 aliphatic carbocycles. The molecule has 0 radical (unpaired) electrons. The molecule has 1 aromatic rings. The molecule has 0 saturated carbocycles. The Hall–Kier alpha value is -0.870. The summed E-state index contributed by atoms with van der Waals surface area (Å²) in [6.45, 7) is 1.82. The van der Waals surface area contributed by atoms with Crippen molar-refractivity contribution in [3.8, 4) is 0 Å². The van der Waals surface area contributed by atoms with Gasteiger partial charge >= 0.3 is 0 Å². The van der Waals surface area contributed by atoms with E-state index in [9.17, 15) is 0 Å². The van der Waals surface area contributed by atoms with E-state index in [0.717, 1.165) is 23.4 Å². The van der Waals surface area contributed by atoms with Crippen LogP contribution < -0.4 is 5.73 Å². The highest BCUT2D eigenvalue weighted by Gasteiger charge is 2.20. The quantitative estimate of drug-likeness (QED) is 0.661. The molecular formula is C7H10N2O2. The first-order valence-electron chi connectivity index (χ1n) is 3.66. The van der Waals surface area contributed by atoms with E-state index in [4.69, 9.17) is 15.0 Å². The Morgan fingerprint density at radius 1 is 1.45 bits per heavy atom. The summed E-state index contributed by atoms with van der Waals surface area (Å²) in [6, 6.07) is 0. The van der Waals surface area contributed by atoms with Gasteiger partial charge in [-0.2, -0.15) is 0 Å². The van der Waals surface area contributed by atoms with E-state index < -0.39 is 0 Å². The molecule has 2 N–H and O–H groups in total. The first-order valence-corrected chi connectivity index (χ1v) is 3.66. The minimum absolute atomic E-state index is 0.587. The molecule has 1 aliphatic rings. The molecule has 0 aromatic carbocycles. The first kappa shape index (κ1) is 6.82. The Balaban J connectivity index is 2.27. The van der Waals surface area contributed by atoms with E-state index in [-0.39, 0.29) is 0 Å². The van der Waals surface area contributed by atoms with Crippen LogP contribution in [0.1, 0.15) is 17.0 Å². The summed E-state index contributed by atoms with van der Waals surface area (Å²) in [5.74, 6) is 0.889. The fourth-order valence-corrected chi connectivity index (χ4v) is 1.24. The summed E-state index contributed by atoms with van der Waals surface area (Å²) in [6.07, 6.45) is 0.756. The van der Waals surface area contributed by atoms with Crippen molar-refractivity contribution in [3.63, 3.8) is 0 Å². The molecule has 60 valence electrons. The van der Waals surface area contributed by atoms with Gasteiger partial charge in [0.2, 0.25) is 0 Å². The molecule has 0 bridgehead atoms. The van der Waals surface area contributed by atoms with Crippen molar-refractivity contribution in [1.29, 1.82) is 0 Å². The second kappa shape index (κ2) is 2.64. The van der Waals surface area contributed by atoms with Crippen molar-refractivity contribution in [2.24, 2.45) is 5.73 Å². The molecule has 2 rings (SSSR count). The molecule has 1 aliphatic heterocycles. The SMILES string of the molecule is NCCc1onc2c1COC2. The van der Waals surface area contributed by atoms with Crippen molar-refractivity contribution in [1.82, 2.24) is 5.16 Å². The van der Waals surface area contributed by atoms with E-state index in [2.05, 4.69) is 5.16 Å². The molecule has 0 saturated heterocycles. The lowest BCUT2D eigenvalue weighted by Gasteiger charge is -1.92. The molecular weight excluding hydrogens is 144 g/mol. The zero-order valence-corrected chi connectivity index (χ0v) is 6.17. The minimum atomic E-state index is 0.587. The predicted molar refractivity (Wildman–Crippen MR) is 37.8 cm³/mol. The average molecular weight is 154 g/mol. The second-order valence-electron chi connectivity index (χ2n) is 2.56. The average Bonchev–Trinajstić information content (AvgIpc) is 2.53. The van der Waals surface area contributed by atoms with E-state index in [1.807, 2.05) is 0 Å². The highest BCUT2D eigenvalue weighted by Crippen LogP contribution is 2.22. The van der Waals surface area contributed by atoms with Gasteiger partial charge in [-0.05, 0) is 6.54 Å². The Morgan fingerprint density at radius 2 is 2.36 bits per heavy atom. The number of ether oxygens (including phenoxy) is 1. The summed E-state index contributed by atoms with van der Waals surface area (Å²) < 4.78 is 10.2. The Kier molecular flexibility index (Phi) is 1.63. The van der Waals surface area contributed by atoms with E-state index in [1.165, 1.54) is 0 Å². The molecule has 1 aromatic heterocycles. The third kappa shape index (κ3) is 1.04. The van der Waals surface area contributed by atoms with Gasteiger partial charge in [-0.3, -0.25) is 0 Å². The normalized spacial score (nSPS) is 15.4. The fourth-order valence-electron chi connectivity index (χ4n) is 1.24. The third-order valence-electron chi connectivity index (χ3n) is 1.81. The monoisotopic (exact) mass is 154 g/mol. The lowest BCUT2D eigenvalue weighted by atomic mass is 10.2. The van der Waals surface area contributed by atoms with Crippen molar-refractivity contribution >= 4 is 0 Å². The van der Waals surface area contributed by atoms with Crippen LogP contribution >= 0.6 is 0 Å². The maximum absolute atomic E-state index is 5.39. The van der Waals surface area contributed by atoms with Gasteiger partial charge in [0, 0.05) is 12.0 Å². The summed E-state index contributed by atoms with van der Waals surface area (Å²) in [5.41, 5.74) is 7.43. The predicted octanol–water partition coefficient (Wildman–Crippen LogP) is 0.206. The van der Waals surface area contributed by atoms with E-state index >= 15 is 0 Å². The Bertz CT molecular complexity index is 257. The number of hydrogen-bond donors (Lipinski definition) is 1. The van der Waals surface area contributed by atoms with Gasteiger partial charge in [0.25, 0.3) is 0 Å². The van der Waals surface area contributed by atoms with Crippen LogP contribution in [0.25, 0.3) is 0 Å². The van der Waals surface area contributed by atoms with Gasteiger partial charge in [-0.15, -0.1) is 0 Å². The molecule has 4 nitrogen and oxygen atoms in total. The lowest BCUT2D eigenvalue weighted by Crippen LogP contribution is -2.03. The number of nitrogens with two attached hydrogens (primary N) is 1. The Labute approximate surface area is 64.3 Å². The molecule has 0 amide bonds. The minimum Gasteiger partial charge on any atom is -0.370 e. The highest BCUT2D eigenvalue weighted by atomic mass is 16.5. The van der Waals surface area contributed by atoms with Crippen LogP contribution in [-0.4, -0.2) is 11.7 Å². The van der Waals surface area contributed by atoms with Gasteiger partial charge < -0.3 is 15.0 Å². The van der Waals surface area contributed by atoms with Crippen LogP contribution in [0.5, 0.6) is 0 Å². The smallest absolute Gasteiger partial charge is 0.143 e. The molecule has 0 unspecified atom stereocenters. The zero-order chi connectivity index (χ0) is 7.68. The van der Waals surface area contributed by atoms with Crippen molar-refractivity contribution in [2.75, 3.05) is 6.54 Å². The molecule has 0 fully saturated rings. The summed E-state index contributed by atoms with van der Waals surface area (Å²) in [4.78, 5) is 0. The van der Waals surface area contributed by atoms with Crippen LogP contribution in [0.15, 0.2) is 4.52 Å².